The molecule has 0 radical (unpaired) electrons. The minimum absolute atomic E-state index is 0.233. The molecule has 2 aliphatic rings. The summed E-state index contributed by atoms with van der Waals surface area (Å²) in [6.45, 7) is 5.62. The molecule has 0 bridgehead atoms. The molecule has 0 aliphatic heterocycles. The van der Waals surface area contributed by atoms with Crippen LogP contribution in [0.25, 0.3) is 0 Å². The van der Waals surface area contributed by atoms with Gasteiger partial charge in [-0.05, 0) is 50.4 Å². The molecule has 0 saturated heterocycles. The lowest BCUT2D eigenvalue weighted by molar-refractivity contribution is -0.128. The summed E-state index contributed by atoms with van der Waals surface area (Å²) in [5.74, 6) is 2.83. The van der Waals surface area contributed by atoms with Crippen molar-refractivity contribution >= 4 is 5.91 Å². The van der Waals surface area contributed by atoms with E-state index in [2.05, 4.69) is 19.1 Å². The topological polar surface area (TPSA) is 20.3 Å². The summed E-state index contributed by atoms with van der Waals surface area (Å²) in [6.07, 6.45) is 9.89. The molecule has 16 heavy (non-hydrogen) atoms. The second-order valence-electron chi connectivity index (χ2n) is 5.26. The maximum atomic E-state index is 11.3. The van der Waals surface area contributed by atoms with Crippen molar-refractivity contribution in [2.45, 2.75) is 39.5 Å². The van der Waals surface area contributed by atoms with E-state index in [9.17, 15) is 4.79 Å². The standard InChI is InChI=1S/C14H23NO/c1-3-15(11(2)16)10-13-9-14(13)12-7-5-4-6-8-12/h4-5,12-14H,3,6-10H2,1-2H3/t12?,13-,14?/m1/s1. The zero-order chi connectivity index (χ0) is 11.5. The van der Waals surface area contributed by atoms with Crippen molar-refractivity contribution in [1.29, 1.82) is 0 Å². The SMILES string of the molecule is CCN(C[C@H]1CC1C1CC=CCC1)C(C)=O. The number of amides is 1. The maximum absolute atomic E-state index is 11.3. The van der Waals surface area contributed by atoms with Crippen LogP contribution in [-0.2, 0) is 4.79 Å². The maximum Gasteiger partial charge on any atom is 0.219 e. The number of rotatable bonds is 4. The lowest BCUT2D eigenvalue weighted by atomic mass is 9.89. The van der Waals surface area contributed by atoms with Crippen LogP contribution >= 0.6 is 0 Å². The second-order valence-corrected chi connectivity index (χ2v) is 5.26. The Morgan fingerprint density at radius 3 is 2.81 bits per heavy atom. The highest BCUT2D eigenvalue weighted by atomic mass is 16.2. The van der Waals surface area contributed by atoms with Gasteiger partial charge in [0.25, 0.3) is 0 Å². The number of allylic oxidation sites excluding steroid dienone is 2. The summed E-state index contributed by atoms with van der Waals surface area (Å²) in [7, 11) is 0. The first-order valence-electron chi connectivity index (χ1n) is 6.63. The molecule has 0 aromatic rings. The van der Waals surface area contributed by atoms with E-state index in [1.54, 1.807) is 6.92 Å². The Kier molecular flexibility index (Phi) is 3.67. The number of nitrogens with zero attached hydrogens (tertiary/aromatic N) is 1. The second kappa shape index (κ2) is 5.03. The van der Waals surface area contributed by atoms with Crippen LogP contribution in [0.5, 0.6) is 0 Å². The van der Waals surface area contributed by atoms with Crippen molar-refractivity contribution in [3.63, 3.8) is 0 Å². The van der Waals surface area contributed by atoms with E-state index in [1.807, 2.05) is 4.90 Å². The predicted octanol–water partition coefficient (Wildman–Crippen LogP) is 2.85. The number of hydrogen-bond acceptors (Lipinski definition) is 1. The van der Waals surface area contributed by atoms with Gasteiger partial charge in [0.05, 0.1) is 0 Å². The van der Waals surface area contributed by atoms with E-state index in [0.29, 0.717) is 0 Å². The van der Waals surface area contributed by atoms with Gasteiger partial charge in [0.1, 0.15) is 0 Å². The fourth-order valence-electron chi connectivity index (χ4n) is 3.03. The molecule has 2 nitrogen and oxygen atoms in total. The highest BCUT2D eigenvalue weighted by Crippen LogP contribution is 2.48. The molecule has 0 spiro atoms. The summed E-state index contributed by atoms with van der Waals surface area (Å²) >= 11 is 0. The Labute approximate surface area is 98.7 Å². The minimum Gasteiger partial charge on any atom is -0.343 e. The van der Waals surface area contributed by atoms with E-state index in [4.69, 9.17) is 0 Å². The first-order chi connectivity index (χ1) is 7.72. The van der Waals surface area contributed by atoms with Gasteiger partial charge in [-0.2, -0.15) is 0 Å². The van der Waals surface area contributed by atoms with Crippen molar-refractivity contribution in [2.24, 2.45) is 17.8 Å². The van der Waals surface area contributed by atoms with Gasteiger partial charge in [0.2, 0.25) is 5.91 Å². The smallest absolute Gasteiger partial charge is 0.219 e. The Morgan fingerprint density at radius 2 is 2.25 bits per heavy atom. The van der Waals surface area contributed by atoms with Gasteiger partial charge >= 0.3 is 0 Å². The number of hydrogen-bond donors (Lipinski definition) is 0. The molecule has 0 heterocycles. The van der Waals surface area contributed by atoms with Gasteiger partial charge in [-0.15, -0.1) is 0 Å². The first-order valence-corrected chi connectivity index (χ1v) is 6.63. The quantitative estimate of drug-likeness (QED) is 0.668. The van der Waals surface area contributed by atoms with Gasteiger partial charge in [-0.1, -0.05) is 12.2 Å². The van der Waals surface area contributed by atoms with Crippen LogP contribution in [0.3, 0.4) is 0 Å². The van der Waals surface area contributed by atoms with Crippen molar-refractivity contribution in [2.75, 3.05) is 13.1 Å². The summed E-state index contributed by atoms with van der Waals surface area (Å²) in [4.78, 5) is 13.3. The molecule has 2 unspecified atom stereocenters. The third kappa shape index (κ3) is 2.66. The molecule has 2 heteroatoms. The molecule has 0 aromatic carbocycles. The number of carbonyl (C=O) groups is 1. The van der Waals surface area contributed by atoms with Crippen LogP contribution in [0.2, 0.25) is 0 Å². The molecule has 1 fully saturated rings. The Bertz CT molecular complexity index is 284. The van der Waals surface area contributed by atoms with Gasteiger partial charge < -0.3 is 4.90 Å². The van der Waals surface area contributed by atoms with E-state index in [1.165, 1.54) is 25.7 Å². The third-order valence-electron chi connectivity index (χ3n) is 4.17. The Morgan fingerprint density at radius 1 is 1.44 bits per heavy atom. The summed E-state index contributed by atoms with van der Waals surface area (Å²) in [6, 6.07) is 0. The lowest BCUT2D eigenvalue weighted by Crippen LogP contribution is -2.31. The average Bonchev–Trinajstić information content (AvgIpc) is 3.06. The molecule has 3 atom stereocenters. The van der Waals surface area contributed by atoms with Crippen LogP contribution in [0.15, 0.2) is 12.2 Å². The average molecular weight is 221 g/mol. The summed E-state index contributed by atoms with van der Waals surface area (Å²) in [5, 5.41) is 0. The minimum atomic E-state index is 0.233. The molecule has 1 saturated carbocycles. The van der Waals surface area contributed by atoms with Gasteiger partial charge in [-0.3, -0.25) is 4.79 Å². The zero-order valence-corrected chi connectivity index (χ0v) is 10.5. The normalized spacial score (nSPS) is 32.5. The molecule has 1 amide bonds. The van der Waals surface area contributed by atoms with E-state index < -0.39 is 0 Å². The largest absolute Gasteiger partial charge is 0.343 e. The van der Waals surface area contributed by atoms with Gasteiger partial charge in [0, 0.05) is 20.0 Å². The summed E-state index contributed by atoms with van der Waals surface area (Å²) in [5.41, 5.74) is 0. The molecule has 2 rings (SSSR count). The van der Waals surface area contributed by atoms with E-state index in [-0.39, 0.29) is 5.91 Å². The van der Waals surface area contributed by atoms with Crippen molar-refractivity contribution in [1.82, 2.24) is 4.90 Å². The van der Waals surface area contributed by atoms with Crippen LogP contribution in [-0.4, -0.2) is 23.9 Å². The Balaban J connectivity index is 1.78. The van der Waals surface area contributed by atoms with Crippen molar-refractivity contribution in [3.05, 3.63) is 12.2 Å². The Hall–Kier alpha value is -0.790. The molecule has 2 aliphatic carbocycles. The van der Waals surface area contributed by atoms with Crippen molar-refractivity contribution in [3.8, 4) is 0 Å². The molecule has 0 N–H and O–H groups in total. The van der Waals surface area contributed by atoms with E-state index in [0.717, 1.165) is 30.8 Å². The highest BCUT2D eigenvalue weighted by Gasteiger charge is 2.43. The van der Waals surface area contributed by atoms with Crippen LogP contribution in [0.1, 0.15) is 39.5 Å². The molecular formula is C14H23NO. The molecule has 0 aromatic heterocycles. The van der Waals surface area contributed by atoms with Crippen LogP contribution in [0, 0.1) is 17.8 Å². The summed E-state index contributed by atoms with van der Waals surface area (Å²) < 4.78 is 0. The monoisotopic (exact) mass is 221 g/mol. The highest BCUT2D eigenvalue weighted by molar-refractivity contribution is 5.73. The third-order valence-corrected chi connectivity index (χ3v) is 4.17. The van der Waals surface area contributed by atoms with Crippen LogP contribution < -0.4 is 0 Å². The fourth-order valence-corrected chi connectivity index (χ4v) is 3.03. The molecule has 90 valence electrons. The number of carbonyl (C=O) groups excluding carboxylic acids is 1. The van der Waals surface area contributed by atoms with Gasteiger partial charge in [0.15, 0.2) is 0 Å². The zero-order valence-electron chi connectivity index (χ0n) is 10.5. The lowest BCUT2D eigenvalue weighted by Gasteiger charge is -2.21. The van der Waals surface area contributed by atoms with Crippen molar-refractivity contribution < 1.29 is 4.79 Å². The predicted molar refractivity (Wildman–Crippen MR) is 66.0 cm³/mol. The molecular weight excluding hydrogens is 198 g/mol. The first kappa shape index (κ1) is 11.7. The van der Waals surface area contributed by atoms with Crippen LogP contribution in [0.4, 0.5) is 0 Å². The van der Waals surface area contributed by atoms with E-state index >= 15 is 0 Å². The fraction of sp³-hybridized carbons (Fsp3) is 0.786. The van der Waals surface area contributed by atoms with Gasteiger partial charge in [-0.25, -0.2) is 0 Å².